The number of carbonyl (C=O) groups excluding carboxylic acids is 2. The molecule has 1 saturated heterocycles. The van der Waals surface area contributed by atoms with Crippen LogP contribution in [0.4, 0.5) is 5.69 Å². The molecule has 0 spiro atoms. The minimum Gasteiger partial charge on any atom is -0.482 e. The third-order valence-electron chi connectivity index (χ3n) is 4.92. The van der Waals surface area contributed by atoms with Gasteiger partial charge in [-0.3, -0.25) is 14.4 Å². The fraction of sp³-hybridized carbons (Fsp3) is 0.500. The number of aliphatic carboxylic acids is 1. The fourth-order valence-corrected chi connectivity index (χ4v) is 3.39. The van der Waals surface area contributed by atoms with Gasteiger partial charge < -0.3 is 19.6 Å². The predicted octanol–water partition coefficient (Wildman–Crippen LogP) is 1.52. The van der Waals surface area contributed by atoms with Crippen molar-refractivity contribution in [1.82, 2.24) is 4.90 Å². The Balaban J connectivity index is 1.65. The summed E-state index contributed by atoms with van der Waals surface area (Å²) in [7, 11) is 0. The van der Waals surface area contributed by atoms with Crippen molar-refractivity contribution in [3.63, 3.8) is 0 Å². The molecule has 1 unspecified atom stereocenters. The summed E-state index contributed by atoms with van der Waals surface area (Å²) in [5.74, 6) is -0.544. The van der Waals surface area contributed by atoms with E-state index in [0.717, 1.165) is 0 Å². The van der Waals surface area contributed by atoms with E-state index in [2.05, 4.69) is 0 Å². The Bertz CT molecular complexity index is 704. The van der Waals surface area contributed by atoms with E-state index in [1.807, 2.05) is 12.1 Å². The molecule has 2 heterocycles. The molecule has 0 aliphatic carbocycles. The maximum atomic E-state index is 12.5. The van der Waals surface area contributed by atoms with Crippen LogP contribution in [-0.4, -0.2) is 54.0 Å². The van der Waals surface area contributed by atoms with Crippen molar-refractivity contribution in [2.45, 2.75) is 26.2 Å². The number of rotatable bonds is 4. The lowest BCUT2D eigenvalue weighted by atomic mass is 9.82. The molecule has 1 aromatic carbocycles. The third-order valence-corrected chi connectivity index (χ3v) is 4.92. The topological polar surface area (TPSA) is 87.2 Å². The number of fused-ring (bicyclic) bond motifs is 1. The maximum Gasteiger partial charge on any atom is 0.311 e. The fourth-order valence-electron chi connectivity index (χ4n) is 3.39. The zero-order chi connectivity index (χ0) is 18.0. The van der Waals surface area contributed by atoms with Crippen molar-refractivity contribution in [3.8, 4) is 5.75 Å². The lowest BCUT2D eigenvalue weighted by molar-refractivity contribution is -0.153. The van der Waals surface area contributed by atoms with Crippen LogP contribution >= 0.6 is 0 Å². The molecule has 3 rings (SSSR count). The molecule has 1 aromatic rings. The number of benzene rings is 1. The van der Waals surface area contributed by atoms with Gasteiger partial charge in [0, 0.05) is 26.1 Å². The van der Waals surface area contributed by atoms with E-state index in [4.69, 9.17) is 4.74 Å². The molecule has 0 bridgehead atoms. The van der Waals surface area contributed by atoms with Gasteiger partial charge in [-0.1, -0.05) is 12.1 Å². The van der Waals surface area contributed by atoms with E-state index in [9.17, 15) is 19.5 Å². The second-order valence-corrected chi connectivity index (χ2v) is 6.84. The Morgan fingerprint density at radius 2 is 2.08 bits per heavy atom. The number of hydrogen-bond donors (Lipinski definition) is 1. The predicted molar refractivity (Wildman–Crippen MR) is 90.5 cm³/mol. The highest BCUT2D eigenvalue weighted by Gasteiger charge is 2.39. The zero-order valence-corrected chi connectivity index (χ0v) is 14.2. The van der Waals surface area contributed by atoms with Crippen molar-refractivity contribution in [3.05, 3.63) is 24.3 Å². The van der Waals surface area contributed by atoms with E-state index in [1.54, 1.807) is 28.9 Å². The van der Waals surface area contributed by atoms with Crippen LogP contribution in [-0.2, 0) is 14.4 Å². The first-order valence-corrected chi connectivity index (χ1v) is 8.44. The summed E-state index contributed by atoms with van der Waals surface area (Å²) in [4.78, 5) is 39.3. The van der Waals surface area contributed by atoms with E-state index in [-0.39, 0.29) is 37.9 Å². The van der Waals surface area contributed by atoms with Gasteiger partial charge in [-0.2, -0.15) is 0 Å². The van der Waals surface area contributed by atoms with Crippen LogP contribution in [0.5, 0.6) is 5.75 Å². The van der Waals surface area contributed by atoms with Crippen LogP contribution in [0.25, 0.3) is 0 Å². The zero-order valence-electron chi connectivity index (χ0n) is 14.2. The van der Waals surface area contributed by atoms with Crippen LogP contribution in [0.3, 0.4) is 0 Å². The number of para-hydroxylation sites is 2. The van der Waals surface area contributed by atoms with Crippen molar-refractivity contribution in [2.24, 2.45) is 5.41 Å². The van der Waals surface area contributed by atoms with E-state index >= 15 is 0 Å². The van der Waals surface area contributed by atoms with Gasteiger partial charge in [0.1, 0.15) is 5.75 Å². The summed E-state index contributed by atoms with van der Waals surface area (Å²) in [6, 6.07) is 7.23. The summed E-state index contributed by atoms with van der Waals surface area (Å²) in [6.07, 6.45) is 1.41. The maximum absolute atomic E-state index is 12.5. The summed E-state index contributed by atoms with van der Waals surface area (Å²) in [6.45, 7) is 2.69. The minimum absolute atomic E-state index is 0.0357. The lowest BCUT2D eigenvalue weighted by Gasteiger charge is -2.38. The van der Waals surface area contributed by atoms with Gasteiger partial charge in [0.25, 0.3) is 5.91 Å². The first kappa shape index (κ1) is 17.3. The molecule has 1 fully saturated rings. The molecule has 0 aromatic heterocycles. The molecule has 2 aliphatic rings. The summed E-state index contributed by atoms with van der Waals surface area (Å²) >= 11 is 0. The normalized spacial score (nSPS) is 23.0. The van der Waals surface area contributed by atoms with E-state index in [0.29, 0.717) is 30.8 Å². The highest BCUT2D eigenvalue weighted by atomic mass is 16.5. The van der Waals surface area contributed by atoms with Gasteiger partial charge >= 0.3 is 5.97 Å². The molecule has 1 N–H and O–H groups in total. The van der Waals surface area contributed by atoms with Crippen molar-refractivity contribution >= 4 is 23.5 Å². The van der Waals surface area contributed by atoms with Crippen LogP contribution in [0.2, 0.25) is 0 Å². The molecular weight excluding hydrogens is 324 g/mol. The molecule has 1 atom stereocenters. The first-order valence-electron chi connectivity index (χ1n) is 8.44. The molecule has 7 nitrogen and oxygen atoms in total. The Hall–Kier alpha value is -2.57. The highest BCUT2D eigenvalue weighted by molar-refractivity contribution is 5.98. The molecule has 134 valence electrons. The summed E-state index contributed by atoms with van der Waals surface area (Å²) in [5.41, 5.74) is -0.226. The summed E-state index contributed by atoms with van der Waals surface area (Å²) in [5, 5.41) is 9.37. The van der Waals surface area contributed by atoms with Crippen molar-refractivity contribution < 1.29 is 24.2 Å². The molecule has 2 aliphatic heterocycles. The molecule has 0 saturated carbocycles. The number of likely N-dealkylation sites (tertiary alicyclic amines) is 1. The van der Waals surface area contributed by atoms with Gasteiger partial charge in [0.15, 0.2) is 6.61 Å². The Morgan fingerprint density at radius 1 is 1.32 bits per heavy atom. The largest absolute Gasteiger partial charge is 0.482 e. The molecular formula is C18H22N2O5. The Morgan fingerprint density at radius 3 is 2.84 bits per heavy atom. The number of amides is 2. The third kappa shape index (κ3) is 3.45. The number of hydrogen-bond acceptors (Lipinski definition) is 4. The van der Waals surface area contributed by atoms with Gasteiger partial charge in [-0.15, -0.1) is 0 Å². The standard InChI is InChI=1S/C18H22N2O5/c1-18(17(23)24)8-4-9-19(12-18)15(21)7-10-20-13-5-2-3-6-14(13)25-11-16(20)22/h2-3,5-6H,4,7-12H2,1H3,(H,23,24). The van der Waals surface area contributed by atoms with Gasteiger partial charge in [0.05, 0.1) is 11.1 Å². The molecule has 7 heteroatoms. The second kappa shape index (κ2) is 6.74. The SMILES string of the molecule is CC1(C(=O)O)CCCN(C(=O)CCN2C(=O)COc3ccccc32)C1. The number of carboxylic acids is 1. The van der Waals surface area contributed by atoms with Crippen molar-refractivity contribution in [2.75, 3.05) is 31.1 Å². The molecule has 25 heavy (non-hydrogen) atoms. The number of carbonyl (C=O) groups is 3. The van der Waals surface area contributed by atoms with Crippen LogP contribution < -0.4 is 9.64 Å². The molecule has 2 amide bonds. The summed E-state index contributed by atoms with van der Waals surface area (Å²) < 4.78 is 5.39. The highest BCUT2D eigenvalue weighted by Crippen LogP contribution is 2.32. The number of ether oxygens (including phenoxy) is 1. The number of anilines is 1. The van der Waals surface area contributed by atoms with Crippen molar-refractivity contribution in [1.29, 1.82) is 0 Å². The van der Waals surface area contributed by atoms with Gasteiger partial charge in [0.2, 0.25) is 5.91 Å². The average Bonchev–Trinajstić information content (AvgIpc) is 2.60. The van der Waals surface area contributed by atoms with E-state index < -0.39 is 11.4 Å². The number of carboxylic acid groups (broad SMARTS) is 1. The minimum atomic E-state index is -0.894. The van der Waals surface area contributed by atoms with Crippen LogP contribution in [0.15, 0.2) is 24.3 Å². The first-order chi connectivity index (χ1) is 11.9. The van der Waals surface area contributed by atoms with Gasteiger partial charge in [-0.05, 0) is 31.9 Å². The quantitative estimate of drug-likeness (QED) is 0.893. The second-order valence-electron chi connectivity index (χ2n) is 6.84. The average molecular weight is 346 g/mol. The Labute approximate surface area is 146 Å². The monoisotopic (exact) mass is 346 g/mol. The smallest absolute Gasteiger partial charge is 0.311 e. The van der Waals surface area contributed by atoms with Crippen LogP contribution in [0.1, 0.15) is 26.2 Å². The Kier molecular flexibility index (Phi) is 4.65. The number of nitrogens with zero attached hydrogens (tertiary/aromatic N) is 2. The molecule has 0 radical (unpaired) electrons. The van der Waals surface area contributed by atoms with E-state index in [1.165, 1.54) is 0 Å². The number of piperidine rings is 1. The lowest BCUT2D eigenvalue weighted by Crippen LogP contribution is -2.49. The van der Waals surface area contributed by atoms with Gasteiger partial charge in [-0.25, -0.2) is 0 Å². The van der Waals surface area contributed by atoms with Crippen LogP contribution in [0, 0.1) is 5.41 Å².